The fourth-order valence-electron chi connectivity index (χ4n) is 10.3. The van der Waals surface area contributed by atoms with E-state index in [0.717, 1.165) is 102 Å². The molecule has 9 aromatic rings. The second-order valence-corrected chi connectivity index (χ2v) is 23.5. The van der Waals surface area contributed by atoms with Crippen LogP contribution in [0.3, 0.4) is 0 Å². The van der Waals surface area contributed by atoms with E-state index in [1.165, 1.54) is 99.9 Å². The van der Waals surface area contributed by atoms with Gasteiger partial charge < -0.3 is 18.9 Å². The molecule has 0 aliphatic carbocycles. The highest BCUT2D eigenvalue weighted by molar-refractivity contribution is 5.93. The average Bonchev–Trinajstić information content (AvgIpc) is 0.902. The van der Waals surface area contributed by atoms with Crippen LogP contribution >= 0.6 is 0 Å². The van der Waals surface area contributed by atoms with Crippen molar-refractivity contribution >= 4 is 17.9 Å². The van der Waals surface area contributed by atoms with Crippen molar-refractivity contribution in [3.8, 4) is 56.4 Å². The summed E-state index contributed by atoms with van der Waals surface area (Å²) in [7, 11) is 0. The third kappa shape index (κ3) is 22.5. The van der Waals surface area contributed by atoms with Crippen molar-refractivity contribution in [1.29, 1.82) is 0 Å². The number of ether oxygens (including phenoxy) is 4. The van der Waals surface area contributed by atoms with Gasteiger partial charge in [-0.25, -0.2) is 40.7 Å². The fourth-order valence-corrected chi connectivity index (χ4v) is 10.3. The zero-order valence-electron chi connectivity index (χ0n) is 54.7. The van der Waals surface area contributed by atoms with Crippen LogP contribution in [0.25, 0.3) is 33.4 Å². The Morgan fingerprint density at radius 2 is 0.660 bits per heavy atom. The Morgan fingerprint density at radius 1 is 0.309 bits per heavy atom. The first kappa shape index (κ1) is 72.2. The van der Waals surface area contributed by atoms with E-state index in [2.05, 4.69) is 20.8 Å². The normalized spacial score (nSPS) is 10.8. The number of halogens is 6. The van der Waals surface area contributed by atoms with Crippen LogP contribution in [-0.4, -0.2) is 24.5 Å². The number of esters is 3. The summed E-state index contributed by atoms with van der Waals surface area (Å²) in [5.41, 5.74) is 9.03. The number of hydrogen-bond donors (Lipinski definition) is 0. The van der Waals surface area contributed by atoms with Crippen molar-refractivity contribution in [1.82, 2.24) is 0 Å². The highest BCUT2D eigenvalue weighted by atomic mass is 19.1. The molecule has 0 saturated carbocycles. The van der Waals surface area contributed by atoms with Crippen LogP contribution in [-0.2, 0) is 12.8 Å². The minimum atomic E-state index is -0.658. The molecule has 9 aromatic carbocycles. The number of carbonyl (C=O) groups is 3. The van der Waals surface area contributed by atoms with Crippen LogP contribution in [0, 0.1) is 55.7 Å². The highest BCUT2D eigenvalue weighted by Gasteiger charge is 2.17. The van der Waals surface area contributed by atoms with Crippen LogP contribution in [0.1, 0.15) is 176 Å². The van der Waals surface area contributed by atoms with Crippen LogP contribution < -0.4 is 18.9 Å². The summed E-state index contributed by atoms with van der Waals surface area (Å²) in [5, 5.41) is 0. The van der Waals surface area contributed by atoms with Crippen molar-refractivity contribution in [3.63, 3.8) is 0 Å². The molecule has 0 bridgehead atoms. The van der Waals surface area contributed by atoms with Gasteiger partial charge in [0.15, 0.2) is 46.3 Å². The molecule has 0 aromatic heterocycles. The molecule has 94 heavy (non-hydrogen) atoms. The monoisotopic (exact) mass is 1280 g/mol. The van der Waals surface area contributed by atoms with Gasteiger partial charge in [0.05, 0.1) is 23.3 Å². The van der Waals surface area contributed by atoms with Crippen molar-refractivity contribution in [2.24, 2.45) is 0 Å². The number of aryl methyl sites for hydroxylation is 5. The molecular formula is C81H84F6O7. The van der Waals surface area contributed by atoms with Crippen molar-refractivity contribution in [2.75, 3.05) is 6.61 Å². The van der Waals surface area contributed by atoms with Gasteiger partial charge in [-0.2, -0.15) is 0 Å². The summed E-state index contributed by atoms with van der Waals surface area (Å²) < 4.78 is 106. The molecule has 0 atom stereocenters. The lowest BCUT2D eigenvalue weighted by Crippen LogP contribution is -2.09. The number of benzene rings is 9. The van der Waals surface area contributed by atoms with E-state index in [-0.39, 0.29) is 45.8 Å². The van der Waals surface area contributed by atoms with E-state index in [1.54, 1.807) is 136 Å². The quantitative estimate of drug-likeness (QED) is 0.0209. The Bertz CT molecular complexity index is 3900. The smallest absolute Gasteiger partial charge is 0.343 e. The SMILES string of the molecule is CCCCCCCCOc1ccc(-c2ccc(C(=O)Oc3ccc(C)cc3F)cc2)cc1F.CCCCCCCCc1ccc(-c2ccc(C(=O)Oc3ccc(CCCCC)cc3F)cc2)cc1F.Cc1ccc(OC(=O)c2ccc(-c3ccc(C)c(F)c3)cc2)c(F)c1. The molecule has 0 amide bonds. The van der Waals surface area contributed by atoms with Gasteiger partial charge in [-0.1, -0.05) is 183 Å². The summed E-state index contributed by atoms with van der Waals surface area (Å²) in [6, 6.07) is 48.5. The molecule has 0 N–H and O–H groups in total. The van der Waals surface area contributed by atoms with Gasteiger partial charge in [-0.15, -0.1) is 0 Å². The van der Waals surface area contributed by atoms with E-state index in [1.807, 2.05) is 18.2 Å². The molecule has 492 valence electrons. The van der Waals surface area contributed by atoms with Crippen molar-refractivity contribution in [2.45, 2.75) is 151 Å². The van der Waals surface area contributed by atoms with Crippen LogP contribution in [0.2, 0.25) is 0 Å². The molecule has 0 fully saturated rings. The summed E-state index contributed by atoms with van der Waals surface area (Å²) >= 11 is 0. The Labute approximate surface area is 550 Å². The van der Waals surface area contributed by atoms with E-state index in [9.17, 15) is 40.7 Å². The highest BCUT2D eigenvalue weighted by Crippen LogP contribution is 2.30. The zero-order chi connectivity index (χ0) is 67.4. The number of unbranched alkanes of at least 4 members (excludes halogenated alkanes) is 12. The van der Waals surface area contributed by atoms with Gasteiger partial charge in [-0.3, -0.25) is 0 Å². The van der Waals surface area contributed by atoms with Crippen LogP contribution in [0.4, 0.5) is 26.3 Å². The van der Waals surface area contributed by atoms with E-state index in [0.29, 0.717) is 28.9 Å². The fraction of sp³-hybridized carbons (Fsp3) is 0.296. The predicted octanol–water partition coefficient (Wildman–Crippen LogP) is 22.9. The minimum Gasteiger partial charge on any atom is -0.491 e. The Hall–Kier alpha value is -9.23. The van der Waals surface area contributed by atoms with E-state index in [4.69, 9.17) is 18.9 Å². The van der Waals surface area contributed by atoms with Gasteiger partial charge in [-0.05, 0) is 211 Å². The lowest BCUT2D eigenvalue weighted by molar-refractivity contribution is 0.0718. The Kier molecular flexibility index (Phi) is 28.8. The van der Waals surface area contributed by atoms with Gasteiger partial charge >= 0.3 is 17.9 Å². The minimum absolute atomic E-state index is 0.0775. The van der Waals surface area contributed by atoms with Crippen LogP contribution in [0.15, 0.2) is 182 Å². The van der Waals surface area contributed by atoms with Crippen molar-refractivity contribution < 1.29 is 59.7 Å². The third-order valence-corrected chi connectivity index (χ3v) is 15.9. The first-order valence-corrected chi connectivity index (χ1v) is 32.7. The molecule has 0 radical (unpaired) electrons. The standard InChI is InChI=1S/C32H38F2O2.C28H30F2O3.C21H16F2O2/c1-3-5-7-8-9-11-13-26-17-20-28(23-29(26)33)25-15-18-27(19-16-25)32(35)36-31-21-14-24(22-30(31)34)12-10-6-4-2;1-3-4-5-6-7-8-17-32-26-16-14-23(19-25(26)30)21-10-12-22(13-11-21)28(31)33-27-15-9-20(2)18-24(27)29;1-13-3-10-20(19(23)11-13)25-21(24)16-8-6-15(7-9-16)17-5-4-14(2)18(22)12-17/h14-23H,3-13H2,1-2H3;9-16,18-19H,3-8,17H2,1-2H3;3-12H,1-2H3. The molecule has 9 rings (SSSR count). The van der Waals surface area contributed by atoms with E-state index >= 15 is 0 Å². The maximum absolute atomic E-state index is 14.7. The molecule has 13 heteroatoms. The number of hydrogen-bond acceptors (Lipinski definition) is 7. The lowest BCUT2D eigenvalue weighted by Gasteiger charge is -2.10. The maximum Gasteiger partial charge on any atom is 0.343 e. The first-order chi connectivity index (χ1) is 45.4. The van der Waals surface area contributed by atoms with E-state index < -0.39 is 41.2 Å². The third-order valence-electron chi connectivity index (χ3n) is 15.9. The van der Waals surface area contributed by atoms with Gasteiger partial charge in [0.1, 0.15) is 11.6 Å². The molecule has 0 saturated heterocycles. The second kappa shape index (κ2) is 37.5. The lowest BCUT2D eigenvalue weighted by atomic mass is 9.99. The largest absolute Gasteiger partial charge is 0.491 e. The van der Waals surface area contributed by atoms with Gasteiger partial charge in [0.2, 0.25) is 0 Å². The number of rotatable bonds is 28. The Morgan fingerprint density at radius 3 is 1.10 bits per heavy atom. The summed E-state index contributed by atoms with van der Waals surface area (Å²) in [6.07, 6.45) is 18.7. The Balaban J connectivity index is 0.000000203. The molecule has 0 spiro atoms. The number of carbonyl (C=O) groups excluding carboxylic acids is 3. The van der Waals surface area contributed by atoms with Gasteiger partial charge in [0.25, 0.3) is 0 Å². The van der Waals surface area contributed by atoms with Gasteiger partial charge in [0, 0.05) is 0 Å². The summed E-state index contributed by atoms with van der Waals surface area (Å²) in [4.78, 5) is 37.0. The molecule has 0 heterocycles. The summed E-state index contributed by atoms with van der Waals surface area (Å²) in [5.74, 6) is -4.60. The second-order valence-electron chi connectivity index (χ2n) is 23.5. The summed E-state index contributed by atoms with van der Waals surface area (Å²) in [6.45, 7) is 12.2. The first-order valence-electron chi connectivity index (χ1n) is 32.7. The zero-order valence-corrected chi connectivity index (χ0v) is 54.7. The average molecular weight is 1280 g/mol. The molecule has 0 aliphatic rings. The predicted molar refractivity (Wildman–Crippen MR) is 363 cm³/mol. The molecule has 0 unspecified atom stereocenters. The van der Waals surface area contributed by atoms with Crippen molar-refractivity contribution in [3.05, 3.63) is 261 Å². The topological polar surface area (TPSA) is 88.1 Å². The molecule has 0 aliphatic heterocycles. The molecule has 7 nitrogen and oxygen atoms in total. The molecular weight excluding hydrogens is 1200 g/mol. The maximum atomic E-state index is 14.7. The van der Waals surface area contributed by atoms with Crippen LogP contribution in [0.5, 0.6) is 23.0 Å².